The van der Waals surface area contributed by atoms with Crippen molar-refractivity contribution in [3.05, 3.63) is 47.3 Å². The fourth-order valence-corrected chi connectivity index (χ4v) is 5.10. The van der Waals surface area contributed by atoms with Gasteiger partial charge in [0, 0.05) is 42.0 Å². The predicted octanol–water partition coefficient (Wildman–Crippen LogP) is 4.15. The van der Waals surface area contributed by atoms with E-state index in [1.165, 1.54) is 0 Å². The van der Waals surface area contributed by atoms with Crippen molar-refractivity contribution in [1.29, 1.82) is 0 Å². The maximum absolute atomic E-state index is 13.0. The Morgan fingerprint density at radius 2 is 1.97 bits per heavy atom. The number of ether oxygens (including phenoxy) is 2. The molecule has 0 radical (unpaired) electrons. The van der Waals surface area contributed by atoms with Crippen LogP contribution in [0.5, 0.6) is 5.75 Å². The van der Waals surface area contributed by atoms with E-state index < -0.39 is 0 Å². The topological polar surface area (TPSA) is 76.2 Å². The van der Waals surface area contributed by atoms with E-state index in [1.807, 2.05) is 13.8 Å². The summed E-state index contributed by atoms with van der Waals surface area (Å²) < 4.78 is 12.2. The number of aromatic nitrogens is 2. The Bertz CT molecular complexity index is 960. The highest BCUT2D eigenvalue weighted by molar-refractivity contribution is 5.80. The largest absolute Gasteiger partial charge is 0.487 e. The summed E-state index contributed by atoms with van der Waals surface area (Å²) >= 11 is 0. The summed E-state index contributed by atoms with van der Waals surface area (Å²) in [6, 6.07) is 6.27. The first-order valence-corrected chi connectivity index (χ1v) is 10.9. The number of carbonyl (C=O) groups is 1. The molecule has 5 rings (SSSR count). The normalized spacial score (nSPS) is 22.7. The molecule has 1 saturated heterocycles. The highest BCUT2D eigenvalue weighted by Gasteiger charge is 2.43. The molecule has 0 saturated carbocycles. The van der Waals surface area contributed by atoms with Gasteiger partial charge in [-0.2, -0.15) is 5.10 Å². The van der Waals surface area contributed by atoms with Crippen LogP contribution in [0, 0.1) is 19.8 Å². The Hall–Kier alpha value is -2.60. The van der Waals surface area contributed by atoms with Gasteiger partial charge in [0.25, 0.3) is 0 Å². The van der Waals surface area contributed by atoms with Crippen LogP contribution < -0.4 is 10.1 Å². The summed E-state index contributed by atoms with van der Waals surface area (Å²) in [6.45, 7) is 5.45. The van der Waals surface area contributed by atoms with Crippen LogP contribution in [0.3, 0.4) is 0 Å². The number of carbonyl (C=O) groups excluding carboxylic acids is 1. The number of aromatic amines is 1. The zero-order valence-electron chi connectivity index (χ0n) is 17.7. The number of H-pyrrole nitrogens is 1. The lowest BCUT2D eigenvalue weighted by atomic mass is 9.81. The molecule has 1 spiro atoms. The van der Waals surface area contributed by atoms with E-state index in [2.05, 4.69) is 45.9 Å². The van der Waals surface area contributed by atoms with E-state index in [4.69, 9.17) is 9.47 Å². The van der Waals surface area contributed by atoms with Crippen molar-refractivity contribution in [3.63, 3.8) is 0 Å². The summed E-state index contributed by atoms with van der Waals surface area (Å²) in [5.41, 5.74) is 5.04. The minimum atomic E-state index is -0.264. The Morgan fingerprint density at radius 3 is 2.67 bits per heavy atom. The third-order valence-electron chi connectivity index (χ3n) is 6.80. The Kier molecular flexibility index (Phi) is 4.89. The number of allylic oxidation sites excluding steroid dienone is 2. The zero-order valence-corrected chi connectivity index (χ0v) is 17.7. The number of aryl methyl sites for hydroxylation is 2. The van der Waals surface area contributed by atoms with Crippen LogP contribution in [0.15, 0.2) is 30.4 Å². The fourth-order valence-electron chi connectivity index (χ4n) is 5.10. The predicted molar refractivity (Wildman–Crippen MR) is 114 cm³/mol. The quantitative estimate of drug-likeness (QED) is 0.750. The van der Waals surface area contributed by atoms with Crippen molar-refractivity contribution in [2.24, 2.45) is 5.92 Å². The number of amides is 1. The first kappa shape index (κ1) is 19.4. The molecule has 1 aromatic heterocycles. The molecule has 2 N–H and O–H groups in total. The van der Waals surface area contributed by atoms with Gasteiger partial charge in [-0.3, -0.25) is 9.89 Å². The van der Waals surface area contributed by atoms with Crippen LogP contribution in [0.2, 0.25) is 0 Å². The van der Waals surface area contributed by atoms with Crippen molar-refractivity contribution in [3.8, 4) is 16.9 Å². The van der Waals surface area contributed by atoms with Crippen LogP contribution in [-0.2, 0) is 9.53 Å². The molecule has 1 amide bonds. The van der Waals surface area contributed by atoms with E-state index in [-0.39, 0.29) is 23.5 Å². The Balaban J connectivity index is 1.51. The highest BCUT2D eigenvalue weighted by Crippen LogP contribution is 2.45. The summed E-state index contributed by atoms with van der Waals surface area (Å²) in [7, 11) is 0. The van der Waals surface area contributed by atoms with Gasteiger partial charge in [-0.1, -0.05) is 18.2 Å². The molecule has 6 nitrogen and oxygen atoms in total. The summed E-state index contributed by atoms with van der Waals surface area (Å²) in [6.07, 6.45) is 8.34. The molecule has 3 heterocycles. The molecule has 1 aliphatic carbocycles. The van der Waals surface area contributed by atoms with Crippen molar-refractivity contribution < 1.29 is 14.3 Å². The minimum Gasteiger partial charge on any atom is -0.487 e. The number of nitrogens with zero attached hydrogens (tertiary/aromatic N) is 1. The molecule has 30 heavy (non-hydrogen) atoms. The Morgan fingerprint density at radius 1 is 1.20 bits per heavy atom. The molecule has 1 unspecified atom stereocenters. The highest BCUT2D eigenvalue weighted by atomic mass is 16.5. The molecule has 1 fully saturated rings. The second kappa shape index (κ2) is 7.58. The third kappa shape index (κ3) is 3.43. The van der Waals surface area contributed by atoms with Crippen LogP contribution in [0.25, 0.3) is 11.1 Å². The monoisotopic (exact) mass is 407 g/mol. The number of rotatable bonds is 3. The number of hydrogen-bond acceptors (Lipinski definition) is 4. The molecule has 158 valence electrons. The summed E-state index contributed by atoms with van der Waals surface area (Å²) in [4.78, 5) is 13.0. The van der Waals surface area contributed by atoms with E-state index in [1.54, 1.807) is 0 Å². The van der Waals surface area contributed by atoms with Gasteiger partial charge in [-0.05, 0) is 44.4 Å². The van der Waals surface area contributed by atoms with Crippen molar-refractivity contribution in [2.75, 3.05) is 13.2 Å². The van der Waals surface area contributed by atoms with Gasteiger partial charge in [0.15, 0.2) is 0 Å². The fraction of sp³-hybridized carbons (Fsp3) is 0.500. The van der Waals surface area contributed by atoms with E-state index in [0.29, 0.717) is 13.2 Å². The van der Waals surface area contributed by atoms with Crippen LogP contribution in [0.4, 0.5) is 0 Å². The smallest absolute Gasteiger partial charge is 0.224 e. The first-order chi connectivity index (χ1) is 14.5. The maximum Gasteiger partial charge on any atom is 0.224 e. The second-order valence-corrected chi connectivity index (χ2v) is 8.86. The summed E-state index contributed by atoms with van der Waals surface area (Å²) in [5.74, 6) is 1.06. The summed E-state index contributed by atoms with van der Waals surface area (Å²) in [5, 5.41) is 10.8. The molecule has 2 aromatic rings. The zero-order chi connectivity index (χ0) is 20.7. The molecule has 6 heteroatoms. The van der Waals surface area contributed by atoms with Gasteiger partial charge in [-0.25, -0.2) is 0 Å². The van der Waals surface area contributed by atoms with Crippen molar-refractivity contribution in [2.45, 2.75) is 57.6 Å². The van der Waals surface area contributed by atoms with E-state index in [0.717, 1.165) is 65.9 Å². The minimum absolute atomic E-state index is 0.0449. The number of benzene rings is 1. The van der Waals surface area contributed by atoms with Gasteiger partial charge in [-0.15, -0.1) is 0 Å². The molecule has 2 aliphatic heterocycles. The van der Waals surface area contributed by atoms with Gasteiger partial charge >= 0.3 is 0 Å². The third-order valence-corrected chi connectivity index (χ3v) is 6.80. The molecule has 3 aliphatic rings. The lowest BCUT2D eigenvalue weighted by Crippen LogP contribution is -2.49. The number of nitrogens with one attached hydrogen (secondary N) is 2. The SMILES string of the molecule is Cc1n[nH]c(C)c1-c1ccc2c(c1)C(NC(=O)C1CC=CC1)CC1(CCOCC1)O2. The van der Waals surface area contributed by atoms with Crippen molar-refractivity contribution in [1.82, 2.24) is 15.5 Å². The molecule has 1 atom stereocenters. The first-order valence-electron chi connectivity index (χ1n) is 10.9. The van der Waals surface area contributed by atoms with Crippen LogP contribution in [-0.4, -0.2) is 34.9 Å². The van der Waals surface area contributed by atoms with Crippen molar-refractivity contribution >= 4 is 5.91 Å². The number of fused-ring (bicyclic) bond motifs is 1. The lowest BCUT2D eigenvalue weighted by Gasteiger charge is -2.44. The van der Waals surface area contributed by atoms with Gasteiger partial charge in [0.1, 0.15) is 11.4 Å². The average molecular weight is 408 g/mol. The van der Waals surface area contributed by atoms with Crippen LogP contribution in [0.1, 0.15) is 55.1 Å². The molecular weight excluding hydrogens is 378 g/mol. The average Bonchev–Trinajstić information content (AvgIpc) is 3.39. The van der Waals surface area contributed by atoms with Gasteiger partial charge < -0.3 is 14.8 Å². The molecule has 0 bridgehead atoms. The maximum atomic E-state index is 13.0. The number of hydrogen-bond donors (Lipinski definition) is 2. The van der Waals surface area contributed by atoms with Gasteiger partial charge in [0.2, 0.25) is 5.91 Å². The lowest BCUT2D eigenvalue weighted by molar-refractivity contribution is -0.126. The van der Waals surface area contributed by atoms with Crippen LogP contribution >= 0.6 is 0 Å². The molecule has 1 aromatic carbocycles. The van der Waals surface area contributed by atoms with E-state index >= 15 is 0 Å². The standard InChI is InChI=1S/C24H29N3O3/c1-15-22(16(2)27-26-15)18-7-8-21-19(13-18)20(25-23(28)17-5-3-4-6-17)14-24(30-21)9-11-29-12-10-24/h3-4,7-8,13,17,20H,5-6,9-12,14H2,1-2H3,(H,25,28)(H,26,27). The van der Waals surface area contributed by atoms with E-state index in [9.17, 15) is 4.79 Å². The second-order valence-electron chi connectivity index (χ2n) is 8.86. The molecular formula is C24H29N3O3. The Labute approximate surface area is 177 Å². The van der Waals surface area contributed by atoms with Gasteiger partial charge in [0.05, 0.1) is 24.9 Å².